The van der Waals surface area contributed by atoms with Crippen LogP contribution in [0.3, 0.4) is 0 Å². The molecule has 3 unspecified atom stereocenters. The molecule has 2 saturated heterocycles. The maximum atomic E-state index is 12.7. The van der Waals surface area contributed by atoms with Crippen LogP contribution in [0.5, 0.6) is 5.88 Å². The Balaban J connectivity index is 1.74. The average molecular weight is 349 g/mol. The van der Waals surface area contributed by atoms with Crippen LogP contribution >= 0.6 is 23.5 Å². The maximum absolute atomic E-state index is 12.7. The highest BCUT2D eigenvalue weighted by atomic mass is 32.2. The summed E-state index contributed by atoms with van der Waals surface area (Å²) in [6, 6.07) is 7.24. The maximum Gasteiger partial charge on any atom is 0.244 e. The summed E-state index contributed by atoms with van der Waals surface area (Å²) in [5.74, 6) is 2.71. The molecular formula is C15H15N3O3S2. The van der Waals surface area contributed by atoms with E-state index in [0.717, 1.165) is 16.9 Å². The molecule has 0 spiro atoms. The first kappa shape index (κ1) is 15.0. The Morgan fingerprint density at radius 2 is 2.00 bits per heavy atom. The summed E-state index contributed by atoms with van der Waals surface area (Å²) in [6.07, 6.45) is -0.846. The Morgan fingerprint density at radius 3 is 2.78 bits per heavy atom. The minimum absolute atomic E-state index is 0.0746. The summed E-state index contributed by atoms with van der Waals surface area (Å²) >= 11 is 3.28. The smallest absolute Gasteiger partial charge is 0.244 e. The number of hydrogen-bond acceptors (Lipinski definition) is 7. The van der Waals surface area contributed by atoms with Gasteiger partial charge >= 0.3 is 0 Å². The molecule has 23 heavy (non-hydrogen) atoms. The first-order valence-corrected chi connectivity index (χ1v) is 9.35. The second kappa shape index (κ2) is 5.85. The number of carbonyl (C=O) groups excluding carboxylic acids is 1. The summed E-state index contributed by atoms with van der Waals surface area (Å²) in [7, 11) is 1.55. The fourth-order valence-corrected chi connectivity index (χ4v) is 5.82. The van der Waals surface area contributed by atoms with Gasteiger partial charge in [0.2, 0.25) is 11.8 Å². The SMILES string of the molecule is COc1ccc2ccc(N3C(=O)C4SCCSC4C3O)nc2n1. The summed E-state index contributed by atoms with van der Waals surface area (Å²) in [4.78, 5) is 22.8. The third kappa shape index (κ3) is 2.45. The van der Waals surface area contributed by atoms with Gasteiger partial charge in [-0.25, -0.2) is 4.98 Å². The predicted octanol–water partition coefficient (Wildman–Crippen LogP) is 1.52. The molecule has 1 N–H and O–H groups in total. The highest BCUT2D eigenvalue weighted by Crippen LogP contribution is 2.41. The largest absolute Gasteiger partial charge is 0.481 e. The summed E-state index contributed by atoms with van der Waals surface area (Å²) in [5.41, 5.74) is 0.497. The van der Waals surface area contributed by atoms with Crippen molar-refractivity contribution < 1.29 is 14.6 Å². The molecule has 4 rings (SSSR count). The van der Waals surface area contributed by atoms with Crippen molar-refractivity contribution in [3.05, 3.63) is 24.3 Å². The lowest BCUT2D eigenvalue weighted by atomic mass is 10.3. The minimum Gasteiger partial charge on any atom is -0.481 e. The lowest BCUT2D eigenvalue weighted by molar-refractivity contribution is -0.117. The fraction of sp³-hybridized carbons (Fsp3) is 0.400. The second-order valence-corrected chi connectivity index (χ2v) is 7.85. The van der Waals surface area contributed by atoms with Gasteiger partial charge in [-0.2, -0.15) is 16.7 Å². The van der Waals surface area contributed by atoms with Gasteiger partial charge in [0, 0.05) is 23.0 Å². The average Bonchev–Trinajstić information content (AvgIpc) is 2.85. The summed E-state index contributed by atoms with van der Waals surface area (Å²) in [6.45, 7) is 0. The van der Waals surface area contributed by atoms with Crippen LogP contribution in [0, 0.1) is 0 Å². The normalized spacial score (nSPS) is 27.3. The van der Waals surface area contributed by atoms with Crippen LogP contribution in [-0.2, 0) is 4.79 Å². The molecule has 0 bridgehead atoms. The quantitative estimate of drug-likeness (QED) is 0.881. The molecule has 1 amide bonds. The number of pyridine rings is 2. The lowest BCUT2D eigenvalue weighted by Crippen LogP contribution is -2.36. The monoisotopic (exact) mass is 349 g/mol. The van der Waals surface area contributed by atoms with E-state index >= 15 is 0 Å². The highest BCUT2D eigenvalue weighted by molar-refractivity contribution is 8.07. The highest BCUT2D eigenvalue weighted by Gasteiger charge is 2.50. The van der Waals surface area contributed by atoms with E-state index in [1.807, 2.05) is 12.1 Å². The number of rotatable bonds is 2. The minimum atomic E-state index is -0.846. The number of thioether (sulfide) groups is 2. The van der Waals surface area contributed by atoms with E-state index in [9.17, 15) is 9.90 Å². The van der Waals surface area contributed by atoms with Crippen molar-refractivity contribution in [1.82, 2.24) is 9.97 Å². The molecule has 2 fully saturated rings. The van der Waals surface area contributed by atoms with Crippen molar-refractivity contribution in [2.45, 2.75) is 16.7 Å². The molecule has 0 radical (unpaired) electrons. The van der Waals surface area contributed by atoms with Gasteiger partial charge in [-0.05, 0) is 18.2 Å². The molecule has 2 aliphatic heterocycles. The second-order valence-electron chi connectivity index (χ2n) is 5.32. The van der Waals surface area contributed by atoms with Crippen LogP contribution in [0.15, 0.2) is 24.3 Å². The number of anilines is 1. The lowest BCUT2D eigenvalue weighted by Gasteiger charge is -2.24. The predicted molar refractivity (Wildman–Crippen MR) is 92.1 cm³/mol. The Hall–Kier alpha value is -1.51. The molecule has 2 aromatic heterocycles. The summed E-state index contributed by atoms with van der Waals surface area (Å²) < 4.78 is 5.12. The third-order valence-electron chi connectivity index (χ3n) is 4.00. The number of hydrogen-bond donors (Lipinski definition) is 1. The number of aliphatic hydroxyl groups excluding tert-OH is 1. The number of nitrogens with zero attached hydrogens (tertiary/aromatic N) is 3. The van der Waals surface area contributed by atoms with Crippen molar-refractivity contribution in [3.8, 4) is 5.88 Å². The third-order valence-corrected chi connectivity index (χ3v) is 7.06. The molecule has 120 valence electrons. The Kier molecular flexibility index (Phi) is 3.82. The van der Waals surface area contributed by atoms with Crippen molar-refractivity contribution in [3.63, 3.8) is 0 Å². The fourth-order valence-electron chi connectivity index (χ4n) is 2.88. The van der Waals surface area contributed by atoms with Gasteiger partial charge in [-0.3, -0.25) is 9.69 Å². The van der Waals surface area contributed by atoms with E-state index in [1.165, 1.54) is 4.90 Å². The number of carbonyl (C=O) groups is 1. The van der Waals surface area contributed by atoms with E-state index in [-0.39, 0.29) is 16.4 Å². The molecular weight excluding hydrogens is 334 g/mol. The first-order chi connectivity index (χ1) is 11.2. The van der Waals surface area contributed by atoms with E-state index in [4.69, 9.17) is 4.74 Å². The van der Waals surface area contributed by atoms with E-state index in [2.05, 4.69) is 9.97 Å². The van der Waals surface area contributed by atoms with Crippen LogP contribution in [0.1, 0.15) is 0 Å². The van der Waals surface area contributed by atoms with Gasteiger partial charge in [0.05, 0.1) is 12.4 Å². The molecule has 2 aliphatic rings. The van der Waals surface area contributed by atoms with Crippen LogP contribution in [0.4, 0.5) is 5.82 Å². The first-order valence-electron chi connectivity index (χ1n) is 7.25. The zero-order chi connectivity index (χ0) is 16.0. The van der Waals surface area contributed by atoms with Crippen molar-refractivity contribution >= 4 is 46.3 Å². The van der Waals surface area contributed by atoms with Gasteiger partial charge in [0.15, 0.2) is 5.65 Å². The van der Waals surface area contributed by atoms with Crippen LogP contribution in [-0.4, -0.2) is 56.3 Å². The Bertz CT molecular complexity index is 773. The van der Waals surface area contributed by atoms with Gasteiger partial charge in [0.1, 0.15) is 17.3 Å². The molecule has 3 atom stereocenters. The molecule has 2 aromatic rings. The van der Waals surface area contributed by atoms with E-state index < -0.39 is 6.23 Å². The Labute approximate surface area is 141 Å². The zero-order valence-corrected chi connectivity index (χ0v) is 14.0. The molecule has 0 aromatic carbocycles. The molecule has 0 saturated carbocycles. The van der Waals surface area contributed by atoms with E-state index in [0.29, 0.717) is 17.3 Å². The molecule has 0 aliphatic carbocycles. The number of ether oxygens (including phenoxy) is 1. The van der Waals surface area contributed by atoms with Gasteiger partial charge < -0.3 is 9.84 Å². The number of amides is 1. The van der Waals surface area contributed by atoms with Crippen molar-refractivity contribution in [2.75, 3.05) is 23.5 Å². The number of fused-ring (bicyclic) bond motifs is 2. The number of aliphatic hydroxyl groups is 1. The van der Waals surface area contributed by atoms with Gasteiger partial charge in [-0.1, -0.05) is 0 Å². The van der Waals surface area contributed by atoms with Gasteiger partial charge in [0.25, 0.3) is 0 Å². The molecule has 4 heterocycles. The Morgan fingerprint density at radius 1 is 1.22 bits per heavy atom. The van der Waals surface area contributed by atoms with Crippen molar-refractivity contribution in [2.24, 2.45) is 0 Å². The van der Waals surface area contributed by atoms with Crippen LogP contribution in [0.25, 0.3) is 11.0 Å². The number of methoxy groups -OCH3 is 1. The van der Waals surface area contributed by atoms with E-state index in [1.54, 1.807) is 42.8 Å². The topological polar surface area (TPSA) is 75.5 Å². The standard InChI is InChI=1S/C15H15N3O3S2/c1-21-10-5-3-8-2-4-9(16-13(8)17-10)18-14(19)11-12(15(18)20)23-7-6-22-11/h2-5,11-12,14,19H,6-7H2,1H3. The molecule has 6 nitrogen and oxygen atoms in total. The summed E-state index contributed by atoms with van der Waals surface area (Å²) in [5, 5.41) is 11.1. The van der Waals surface area contributed by atoms with Gasteiger partial charge in [-0.15, -0.1) is 11.8 Å². The van der Waals surface area contributed by atoms with Crippen LogP contribution < -0.4 is 9.64 Å². The zero-order valence-electron chi connectivity index (χ0n) is 12.4. The number of aromatic nitrogens is 2. The molecule has 8 heteroatoms. The van der Waals surface area contributed by atoms with Crippen molar-refractivity contribution in [1.29, 1.82) is 0 Å². The van der Waals surface area contributed by atoms with Crippen LogP contribution in [0.2, 0.25) is 0 Å².